The summed E-state index contributed by atoms with van der Waals surface area (Å²) in [5.74, 6) is -0.683. The zero-order valence-corrected chi connectivity index (χ0v) is 15.5. The van der Waals surface area contributed by atoms with Crippen LogP contribution in [0, 0.1) is 11.8 Å². The van der Waals surface area contributed by atoms with E-state index >= 15 is 0 Å². The highest BCUT2D eigenvalue weighted by Crippen LogP contribution is 2.27. The smallest absolute Gasteiger partial charge is 0.303 e. The highest BCUT2D eigenvalue weighted by atomic mass is 16.4. The van der Waals surface area contributed by atoms with Gasteiger partial charge in [-0.3, -0.25) is 9.59 Å². The van der Waals surface area contributed by atoms with Crippen LogP contribution in [0.2, 0.25) is 0 Å². The minimum absolute atomic E-state index is 0.102. The quantitative estimate of drug-likeness (QED) is 0.507. The summed E-state index contributed by atoms with van der Waals surface area (Å²) >= 11 is 0. The molecule has 4 heteroatoms. The molecular formula is C22H30O4. The third-order valence-corrected chi connectivity index (χ3v) is 4.16. The number of hydrogen-bond acceptors (Lipinski definition) is 3. The molecule has 0 aromatic rings. The molecule has 0 bridgehead atoms. The zero-order chi connectivity index (χ0) is 19.2. The van der Waals surface area contributed by atoms with Crippen LogP contribution in [0.15, 0.2) is 60.8 Å². The van der Waals surface area contributed by atoms with Gasteiger partial charge in [-0.2, -0.15) is 0 Å². The van der Waals surface area contributed by atoms with E-state index < -0.39 is 12.1 Å². The second-order valence-electron chi connectivity index (χ2n) is 6.37. The average Bonchev–Trinajstić information content (AvgIpc) is 2.95. The maximum atomic E-state index is 12.0. The van der Waals surface area contributed by atoms with E-state index in [1.165, 1.54) is 0 Å². The van der Waals surface area contributed by atoms with Gasteiger partial charge in [0.25, 0.3) is 0 Å². The number of aliphatic hydroxyl groups excluding tert-OH is 1. The average molecular weight is 358 g/mol. The third kappa shape index (κ3) is 9.33. The Morgan fingerprint density at radius 1 is 1.19 bits per heavy atom. The Labute approximate surface area is 156 Å². The maximum absolute atomic E-state index is 12.0. The summed E-state index contributed by atoms with van der Waals surface area (Å²) in [5.41, 5.74) is 0. The Kier molecular flexibility index (Phi) is 11.0. The monoisotopic (exact) mass is 358 g/mol. The molecule has 0 aromatic heterocycles. The predicted octanol–water partition coefficient (Wildman–Crippen LogP) is 4.39. The summed E-state index contributed by atoms with van der Waals surface area (Å²) < 4.78 is 0. The van der Waals surface area contributed by atoms with Gasteiger partial charge in [-0.05, 0) is 44.1 Å². The molecule has 3 atom stereocenters. The number of aliphatic carboxylic acids is 1. The van der Waals surface area contributed by atoms with Gasteiger partial charge in [0.1, 0.15) is 0 Å². The predicted molar refractivity (Wildman–Crippen MR) is 105 cm³/mol. The Hall–Kier alpha value is -2.20. The molecule has 1 aliphatic rings. The lowest BCUT2D eigenvalue weighted by Crippen LogP contribution is -2.14. The van der Waals surface area contributed by atoms with E-state index in [9.17, 15) is 14.7 Å². The molecule has 0 aliphatic heterocycles. The fraction of sp³-hybridized carbons (Fsp3) is 0.455. The van der Waals surface area contributed by atoms with Crippen LogP contribution in [-0.2, 0) is 9.59 Å². The molecule has 0 radical (unpaired) electrons. The number of allylic oxidation sites excluding steroid dienone is 8. The topological polar surface area (TPSA) is 74.6 Å². The van der Waals surface area contributed by atoms with Gasteiger partial charge in [0.15, 0.2) is 5.78 Å². The number of carbonyl (C=O) groups is 2. The van der Waals surface area contributed by atoms with Crippen LogP contribution in [0.3, 0.4) is 0 Å². The van der Waals surface area contributed by atoms with Crippen molar-refractivity contribution in [1.82, 2.24) is 0 Å². The summed E-state index contributed by atoms with van der Waals surface area (Å²) in [4.78, 5) is 22.3. The third-order valence-electron chi connectivity index (χ3n) is 4.16. The van der Waals surface area contributed by atoms with E-state index in [2.05, 4.69) is 19.1 Å². The highest BCUT2D eigenvalue weighted by molar-refractivity contribution is 5.95. The first-order valence-corrected chi connectivity index (χ1v) is 9.29. The minimum Gasteiger partial charge on any atom is -0.481 e. The molecule has 26 heavy (non-hydrogen) atoms. The number of carboxylic acids is 1. The Balaban J connectivity index is 2.33. The van der Waals surface area contributed by atoms with E-state index in [1.807, 2.05) is 36.5 Å². The van der Waals surface area contributed by atoms with Crippen molar-refractivity contribution in [2.24, 2.45) is 11.8 Å². The Morgan fingerprint density at radius 2 is 1.96 bits per heavy atom. The molecule has 0 saturated heterocycles. The summed E-state index contributed by atoms with van der Waals surface area (Å²) in [6.07, 6.45) is 22.1. The van der Waals surface area contributed by atoms with Crippen LogP contribution in [0.25, 0.3) is 0 Å². The molecular weight excluding hydrogens is 328 g/mol. The van der Waals surface area contributed by atoms with Crippen LogP contribution in [0.4, 0.5) is 0 Å². The number of aliphatic hydroxyl groups is 1. The molecule has 1 aliphatic carbocycles. The molecule has 0 amide bonds. The van der Waals surface area contributed by atoms with Gasteiger partial charge >= 0.3 is 5.97 Å². The van der Waals surface area contributed by atoms with Crippen molar-refractivity contribution in [3.8, 4) is 0 Å². The van der Waals surface area contributed by atoms with Gasteiger partial charge in [-0.25, -0.2) is 0 Å². The molecule has 4 nitrogen and oxygen atoms in total. The van der Waals surface area contributed by atoms with E-state index in [0.717, 1.165) is 12.8 Å². The van der Waals surface area contributed by atoms with Crippen LogP contribution in [0.1, 0.15) is 45.4 Å². The lowest BCUT2D eigenvalue weighted by atomic mass is 9.91. The van der Waals surface area contributed by atoms with Gasteiger partial charge in [-0.1, -0.05) is 61.6 Å². The molecule has 0 aromatic carbocycles. The largest absolute Gasteiger partial charge is 0.481 e. The summed E-state index contributed by atoms with van der Waals surface area (Å²) in [5, 5.41) is 18.6. The number of carboxylic acid groups (broad SMARTS) is 1. The van der Waals surface area contributed by atoms with Crippen molar-refractivity contribution < 1.29 is 19.8 Å². The first-order chi connectivity index (χ1) is 12.5. The molecule has 0 unspecified atom stereocenters. The highest BCUT2D eigenvalue weighted by Gasteiger charge is 2.26. The number of carbonyl (C=O) groups excluding carboxylic acids is 1. The Bertz CT molecular complexity index is 581. The number of rotatable bonds is 12. The fourth-order valence-corrected chi connectivity index (χ4v) is 2.70. The molecule has 142 valence electrons. The molecule has 0 fully saturated rings. The standard InChI is InChI=1S/C22H30O4/c1-2-3-8-11-18-14-17-21(24)20(18)16-15-19(23)12-9-6-4-5-7-10-13-22(25)26/h3,5-9,14-20,23H,2,4,10-13H2,1H3,(H,25,26)/b7-5-,8-3-,9-6-,16-15+/t18-,19+,20+/m1/s1. The molecule has 1 rings (SSSR count). The van der Waals surface area contributed by atoms with Crippen LogP contribution < -0.4 is 0 Å². The normalized spacial score (nSPS) is 21.8. The molecule has 2 N–H and O–H groups in total. The summed E-state index contributed by atoms with van der Waals surface area (Å²) in [6, 6.07) is 0. The van der Waals surface area contributed by atoms with Gasteiger partial charge in [-0.15, -0.1) is 0 Å². The van der Waals surface area contributed by atoms with Crippen LogP contribution in [0.5, 0.6) is 0 Å². The zero-order valence-electron chi connectivity index (χ0n) is 15.5. The van der Waals surface area contributed by atoms with Gasteiger partial charge in [0.2, 0.25) is 0 Å². The van der Waals surface area contributed by atoms with Crippen molar-refractivity contribution >= 4 is 11.8 Å². The van der Waals surface area contributed by atoms with E-state index in [4.69, 9.17) is 5.11 Å². The molecule has 0 spiro atoms. The van der Waals surface area contributed by atoms with E-state index in [0.29, 0.717) is 19.3 Å². The second-order valence-corrected chi connectivity index (χ2v) is 6.37. The first kappa shape index (κ1) is 21.8. The van der Waals surface area contributed by atoms with Crippen LogP contribution in [-0.4, -0.2) is 28.1 Å². The number of hydrogen-bond donors (Lipinski definition) is 2. The fourth-order valence-electron chi connectivity index (χ4n) is 2.70. The van der Waals surface area contributed by atoms with Gasteiger partial charge in [0, 0.05) is 12.3 Å². The minimum atomic E-state index is -0.792. The van der Waals surface area contributed by atoms with Crippen molar-refractivity contribution in [3.05, 3.63) is 60.8 Å². The Morgan fingerprint density at radius 3 is 2.69 bits per heavy atom. The van der Waals surface area contributed by atoms with Gasteiger partial charge < -0.3 is 10.2 Å². The summed E-state index contributed by atoms with van der Waals surface area (Å²) in [7, 11) is 0. The van der Waals surface area contributed by atoms with Gasteiger partial charge in [0.05, 0.1) is 6.10 Å². The van der Waals surface area contributed by atoms with Crippen molar-refractivity contribution in [3.63, 3.8) is 0 Å². The van der Waals surface area contributed by atoms with Crippen LogP contribution >= 0.6 is 0 Å². The lowest BCUT2D eigenvalue weighted by molar-refractivity contribution is -0.136. The van der Waals surface area contributed by atoms with Crippen molar-refractivity contribution in [1.29, 1.82) is 0 Å². The lowest BCUT2D eigenvalue weighted by Gasteiger charge is -2.13. The maximum Gasteiger partial charge on any atom is 0.303 e. The van der Waals surface area contributed by atoms with Crippen molar-refractivity contribution in [2.75, 3.05) is 0 Å². The summed E-state index contributed by atoms with van der Waals surface area (Å²) in [6.45, 7) is 2.08. The SMILES string of the molecule is CC/C=C\C[C@@H]1C=CC(=O)[C@H]1/C=C/[C@@H](O)C/C=C\C/C=C\CCC(=O)O. The van der Waals surface area contributed by atoms with E-state index in [-0.39, 0.29) is 24.0 Å². The van der Waals surface area contributed by atoms with E-state index in [1.54, 1.807) is 12.2 Å². The number of ketones is 1. The first-order valence-electron chi connectivity index (χ1n) is 9.29. The van der Waals surface area contributed by atoms with Crippen molar-refractivity contribution in [2.45, 2.75) is 51.6 Å². The second kappa shape index (κ2) is 13.1. The molecule has 0 heterocycles. The molecule has 0 saturated carbocycles.